The third-order valence-corrected chi connectivity index (χ3v) is 5.57. The molecule has 0 amide bonds. The lowest BCUT2D eigenvalue weighted by molar-refractivity contribution is 0.339. The molecular weight excluding hydrogens is 315 g/mol. The van der Waals surface area contributed by atoms with Crippen molar-refractivity contribution in [1.82, 2.24) is 4.72 Å². The number of rotatable bonds is 5. The minimum Gasteiger partial charge on any atom is -0.396 e. The summed E-state index contributed by atoms with van der Waals surface area (Å²) in [6.45, 7) is 0.304. The summed E-state index contributed by atoms with van der Waals surface area (Å²) in [5, 5.41) is 0.0987. The van der Waals surface area contributed by atoms with Crippen LogP contribution < -0.4 is 10.5 Å². The number of nitrogen functional groups attached to an aromatic ring is 1. The van der Waals surface area contributed by atoms with Gasteiger partial charge in [-0.2, -0.15) is 0 Å². The monoisotopic (exact) mass is 334 g/mol. The first-order valence-corrected chi connectivity index (χ1v) is 9.00. The third kappa shape index (κ3) is 4.31. The molecule has 2 rings (SSSR count). The molecule has 0 aromatic heterocycles. The van der Waals surface area contributed by atoms with Gasteiger partial charge in [-0.25, -0.2) is 17.5 Å². The molecule has 0 aliphatic heterocycles. The lowest BCUT2D eigenvalue weighted by Gasteiger charge is -2.21. The lowest BCUT2D eigenvalue weighted by Crippen LogP contribution is -2.27. The summed E-state index contributed by atoms with van der Waals surface area (Å²) in [5.74, 6) is -0.403. The van der Waals surface area contributed by atoms with Gasteiger partial charge in [-0.05, 0) is 24.5 Å². The average Bonchev–Trinajstić information content (AvgIpc) is 2.43. The molecule has 1 aromatic rings. The smallest absolute Gasteiger partial charge is 0.243 e. The molecule has 0 heterocycles. The van der Waals surface area contributed by atoms with E-state index in [0.717, 1.165) is 25.3 Å². The van der Waals surface area contributed by atoms with Crippen molar-refractivity contribution in [3.8, 4) is 0 Å². The van der Waals surface area contributed by atoms with Crippen molar-refractivity contribution in [2.45, 2.75) is 43.4 Å². The normalized spacial score (nSPS) is 17.0. The van der Waals surface area contributed by atoms with Gasteiger partial charge in [-0.1, -0.05) is 43.7 Å². The van der Waals surface area contributed by atoms with Crippen molar-refractivity contribution in [2.75, 3.05) is 12.3 Å². The molecule has 1 aliphatic rings. The van der Waals surface area contributed by atoms with Crippen LogP contribution in [-0.4, -0.2) is 15.0 Å². The SMILES string of the molecule is Nc1cc(Cl)cc(S(=O)(=O)NCCC2CCCCC2)c1F. The average molecular weight is 335 g/mol. The van der Waals surface area contributed by atoms with E-state index in [0.29, 0.717) is 12.5 Å². The fraction of sp³-hybridized carbons (Fsp3) is 0.571. The zero-order valence-electron chi connectivity index (χ0n) is 11.7. The van der Waals surface area contributed by atoms with Crippen LogP contribution in [0.3, 0.4) is 0 Å². The first-order valence-electron chi connectivity index (χ1n) is 7.14. The second-order valence-electron chi connectivity index (χ2n) is 5.50. The maximum Gasteiger partial charge on any atom is 0.243 e. The van der Waals surface area contributed by atoms with Crippen molar-refractivity contribution in [2.24, 2.45) is 5.92 Å². The Morgan fingerprint density at radius 2 is 1.95 bits per heavy atom. The standard InChI is InChI=1S/C14H20ClFN2O2S/c15-11-8-12(17)14(16)13(9-11)21(19,20)18-7-6-10-4-2-1-3-5-10/h8-10,18H,1-7,17H2. The van der Waals surface area contributed by atoms with Gasteiger partial charge in [-0.3, -0.25) is 0 Å². The first-order chi connectivity index (χ1) is 9.90. The van der Waals surface area contributed by atoms with Gasteiger partial charge >= 0.3 is 0 Å². The number of sulfonamides is 1. The molecule has 0 radical (unpaired) electrons. The molecule has 1 aromatic carbocycles. The molecule has 7 heteroatoms. The number of halogens is 2. The molecule has 1 saturated carbocycles. The number of benzene rings is 1. The third-order valence-electron chi connectivity index (χ3n) is 3.89. The number of anilines is 1. The maximum atomic E-state index is 13.9. The second kappa shape index (κ2) is 6.94. The number of hydrogen-bond acceptors (Lipinski definition) is 3. The maximum absolute atomic E-state index is 13.9. The Kier molecular flexibility index (Phi) is 5.46. The van der Waals surface area contributed by atoms with Gasteiger partial charge in [0.25, 0.3) is 0 Å². The second-order valence-corrected chi connectivity index (χ2v) is 7.67. The van der Waals surface area contributed by atoms with E-state index < -0.39 is 20.7 Å². The van der Waals surface area contributed by atoms with E-state index in [-0.39, 0.29) is 10.7 Å². The Labute approximate surface area is 129 Å². The van der Waals surface area contributed by atoms with E-state index in [9.17, 15) is 12.8 Å². The summed E-state index contributed by atoms with van der Waals surface area (Å²) in [7, 11) is -3.93. The van der Waals surface area contributed by atoms with Crippen molar-refractivity contribution >= 4 is 27.3 Å². The zero-order chi connectivity index (χ0) is 15.5. The quantitative estimate of drug-likeness (QED) is 0.811. The summed E-state index contributed by atoms with van der Waals surface area (Å²) in [4.78, 5) is -0.490. The highest BCUT2D eigenvalue weighted by molar-refractivity contribution is 7.89. The number of hydrogen-bond donors (Lipinski definition) is 2. The Balaban J connectivity index is 2.01. The molecule has 0 atom stereocenters. The Bertz CT molecular complexity index is 601. The van der Waals surface area contributed by atoms with Gasteiger partial charge in [0.1, 0.15) is 4.90 Å². The Hall–Kier alpha value is -0.850. The molecule has 0 saturated heterocycles. The van der Waals surface area contributed by atoms with Crippen LogP contribution in [0.5, 0.6) is 0 Å². The predicted octanol–water partition coefficient (Wildman–Crippen LogP) is 3.31. The summed E-state index contributed by atoms with van der Waals surface area (Å²) < 4.78 is 40.6. The van der Waals surface area contributed by atoms with Crippen molar-refractivity contribution < 1.29 is 12.8 Å². The van der Waals surface area contributed by atoms with Crippen LogP contribution in [0.25, 0.3) is 0 Å². The minimum atomic E-state index is -3.93. The van der Waals surface area contributed by atoms with Crippen LogP contribution in [0.2, 0.25) is 5.02 Å². The van der Waals surface area contributed by atoms with E-state index in [1.807, 2.05) is 0 Å². The van der Waals surface area contributed by atoms with Crippen LogP contribution in [0, 0.1) is 11.7 Å². The molecule has 0 unspecified atom stereocenters. The summed E-state index contributed by atoms with van der Waals surface area (Å²) in [6, 6.07) is 2.27. The fourth-order valence-electron chi connectivity index (χ4n) is 2.73. The fourth-order valence-corrected chi connectivity index (χ4v) is 4.20. The molecule has 1 aliphatic carbocycles. The van der Waals surface area contributed by atoms with Gasteiger partial charge in [-0.15, -0.1) is 0 Å². The van der Waals surface area contributed by atoms with E-state index >= 15 is 0 Å². The van der Waals surface area contributed by atoms with E-state index in [2.05, 4.69) is 4.72 Å². The van der Waals surface area contributed by atoms with Gasteiger partial charge in [0.05, 0.1) is 5.69 Å². The van der Waals surface area contributed by atoms with Crippen LogP contribution in [-0.2, 0) is 10.0 Å². The molecule has 118 valence electrons. The van der Waals surface area contributed by atoms with Crippen LogP contribution in [0.1, 0.15) is 38.5 Å². The number of nitrogens with two attached hydrogens (primary N) is 1. The van der Waals surface area contributed by atoms with E-state index in [1.165, 1.54) is 25.3 Å². The van der Waals surface area contributed by atoms with Gasteiger partial charge in [0.15, 0.2) is 5.82 Å². The van der Waals surface area contributed by atoms with Gasteiger partial charge in [0, 0.05) is 11.6 Å². The Morgan fingerprint density at radius 3 is 2.62 bits per heavy atom. The molecule has 0 spiro atoms. The zero-order valence-corrected chi connectivity index (χ0v) is 13.3. The highest BCUT2D eigenvalue weighted by atomic mass is 35.5. The van der Waals surface area contributed by atoms with Crippen molar-refractivity contribution in [1.29, 1.82) is 0 Å². The molecule has 3 N–H and O–H groups in total. The lowest BCUT2D eigenvalue weighted by atomic mass is 9.87. The molecule has 1 fully saturated rings. The molecular formula is C14H20ClFN2O2S. The minimum absolute atomic E-state index is 0.0987. The predicted molar refractivity (Wildman–Crippen MR) is 82.2 cm³/mol. The largest absolute Gasteiger partial charge is 0.396 e. The molecule has 4 nitrogen and oxygen atoms in total. The summed E-state index contributed by atoms with van der Waals surface area (Å²) in [6.07, 6.45) is 6.72. The molecule has 0 bridgehead atoms. The van der Waals surface area contributed by atoms with Crippen LogP contribution in [0.15, 0.2) is 17.0 Å². The van der Waals surface area contributed by atoms with Gasteiger partial charge in [0.2, 0.25) is 10.0 Å². The molecule has 21 heavy (non-hydrogen) atoms. The summed E-state index contributed by atoms with van der Waals surface area (Å²) >= 11 is 5.75. The van der Waals surface area contributed by atoms with E-state index in [1.54, 1.807) is 0 Å². The van der Waals surface area contributed by atoms with Crippen LogP contribution in [0.4, 0.5) is 10.1 Å². The van der Waals surface area contributed by atoms with E-state index in [4.69, 9.17) is 17.3 Å². The van der Waals surface area contributed by atoms with Crippen molar-refractivity contribution in [3.05, 3.63) is 23.0 Å². The highest BCUT2D eigenvalue weighted by Gasteiger charge is 2.22. The first kappa shape index (κ1) is 16.5. The highest BCUT2D eigenvalue weighted by Crippen LogP contribution is 2.27. The Morgan fingerprint density at radius 1 is 1.29 bits per heavy atom. The number of nitrogens with one attached hydrogen (secondary N) is 1. The van der Waals surface area contributed by atoms with Crippen LogP contribution >= 0.6 is 11.6 Å². The summed E-state index contributed by atoms with van der Waals surface area (Å²) in [5.41, 5.74) is 5.14. The topological polar surface area (TPSA) is 72.2 Å². The van der Waals surface area contributed by atoms with Crippen molar-refractivity contribution in [3.63, 3.8) is 0 Å². The van der Waals surface area contributed by atoms with Gasteiger partial charge < -0.3 is 5.73 Å².